The molecule has 0 saturated heterocycles. The zero-order valence-electron chi connectivity index (χ0n) is 16.1. The average Bonchev–Trinajstić information content (AvgIpc) is 3.14. The molecule has 0 spiro atoms. The number of methoxy groups -OCH3 is 3. The molecule has 1 aromatic carbocycles. The Morgan fingerprint density at radius 3 is 2.57 bits per heavy atom. The molecule has 0 aliphatic rings. The minimum Gasteiger partial charge on any atom is -0.493 e. The molecule has 0 aliphatic heterocycles. The zero-order valence-corrected chi connectivity index (χ0v) is 16.1. The first-order valence-corrected chi connectivity index (χ1v) is 8.87. The number of hydrogen-bond acceptors (Lipinski definition) is 7. The SMILES string of the molecule is COc1ccc2nnc(CCC(=O)NCCc3ccc(OC)c(OC)c3)n2n1. The number of carbonyl (C=O) groups excluding carboxylic acids is 1. The lowest BCUT2D eigenvalue weighted by molar-refractivity contribution is -0.121. The van der Waals surface area contributed by atoms with Gasteiger partial charge < -0.3 is 19.5 Å². The van der Waals surface area contributed by atoms with Gasteiger partial charge in [0.05, 0.1) is 21.3 Å². The molecule has 9 nitrogen and oxygen atoms in total. The van der Waals surface area contributed by atoms with Crippen LogP contribution < -0.4 is 19.5 Å². The predicted octanol–water partition coefficient (Wildman–Crippen LogP) is 1.44. The van der Waals surface area contributed by atoms with Crippen LogP contribution in [-0.4, -0.2) is 53.6 Å². The van der Waals surface area contributed by atoms with E-state index in [0.717, 1.165) is 5.56 Å². The number of nitrogens with one attached hydrogen (secondary N) is 1. The number of rotatable bonds is 9. The number of amides is 1. The van der Waals surface area contributed by atoms with Gasteiger partial charge in [-0.05, 0) is 30.2 Å². The standard InChI is InChI=1S/C19H23N5O4/c1-26-14-5-4-13(12-15(14)27-2)10-11-20-18(25)8-6-16-21-22-17-7-9-19(28-3)23-24(16)17/h4-5,7,9,12H,6,8,10-11H2,1-3H3,(H,20,25). The molecule has 0 fully saturated rings. The van der Waals surface area contributed by atoms with Gasteiger partial charge in [0.15, 0.2) is 23.0 Å². The summed E-state index contributed by atoms with van der Waals surface area (Å²) in [6.07, 6.45) is 1.42. The number of aryl methyl sites for hydroxylation is 1. The molecule has 0 saturated carbocycles. The Bertz CT molecular complexity index is 957. The first-order valence-electron chi connectivity index (χ1n) is 8.87. The molecule has 0 unspecified atom stereocenters. The normalized spacial score (nSPS) is 10.7. The van der Waals surface area contributed by atoms with Gasteiger partial charge in [-0.1, -0.05) is 6.07 Å². The molecule has 1 amide bonds. The second kappa shape index (κ2) is 9.03. The molecular formula is C19H23N5O4. The summed E-state index contributed by atoms with van der Waals surface area (Å²) in [6, 6.07) is 9.20. The van der Waals surface area contributed by atoms with E-state index in [9.17, 15) is 4.79 Å². The minimum absolute atomic E-state index is 0.0554. The van der Waals surface area contributed by atoms with Crippen LogP contribution >= 0.6 is 0 Å². The Morgan fingerprint density at radius 2 is 1.82 bits per heavy atom. The summed E-state index contributed by atoms with van der Waals surface area (Å²) in [6.45, 7) is 0.529. The summed E-state index contributed by atoms with van der Waals surface area (Å²) in [5.74, 6) is 2.38. The van der Waals surface area contributed by atoms with Gasteiger partial charge in [-0.25, -0.2) is 0 Å². The summed E-state index contributed by atoms with van der Waals surface area (Å²) < 4.78 is 17.2. The van der Waals surface area contributed by atoms with Gasteiger partial charge in [-0.2, -0.15) is 4.52 Å². The van der Waals surface area contributed by atoms with Crippen molar-refractivity contribution >= 4 is 11.6 Å². The van der Waals surface area contributed by atoms with Crippen LogP contribution in [0.3, 0.4) is 0 Å². The Kier molecular flexibility index (Phi) is 6.25. The van der Waals surface area contributed by atoms with Crippen LogP contribution in [0, 0.1) is 0 Å². The summed E-state index contributed by atoms with van der Waals surface area (Å²) >= 11 is 0. The van der Waals surface area contributed by atoms with Crippen molar-refractivity contribution in [2.24, 2.45) is 0 Å². The van der Waals surface area contributed by atoms with Crippen molar-refractivity contribution in [3.8, 4) is 17.4 Å². The fourth-order valence-electron chi connectivity index (χ4n) is 2.78. The number of fused-ring (bicyclic) bond motifs is 1. The first-order chi connectivity index (χ1) is 13.6. The molecule has 0 radical (unpaired) electrons. The van der Waals surface area contributed by atoms with Gasteiger partial charge in [0.1, 0.15) is 0 Å². The Labute approximate surface area is 162 Å². The topological polar surface area (TPSA) is 99.9 Å². The summed E-state index contributed by atoms with van der Waals surface area (Å²) in [4.78, 5) is 12.2. The monoisotopic (exact) mass is 385 g/mol. The van der Waals surface area contributed by atoms with Crippen LogP contribution in [0.4, 0.5) is 0 Å². The van der Waals surface area contributed by atoms with Crippen molar-refractivity contribution in [3.05, 3.63) is 41.7 Å². The molecule has 2 aromatic heterocycles. The van der Waals surface area contributed by atoms with Crippen molar-refractivity contribution < 1.29 is 19.0 Å². The Morgan fingerprint density at radius 1 is 1.00 bits per heavy atom. The highest BCUT2D eigenvalue weighted by Crippen LogP contribution is 2.27. The van der Waals surface area contributed by atoms with Crippen LogP contribution in [0.25, 0.3) is 5.65 Å². The van der Waals surface area contributed by atoms with Gasteiger partial charge in [0.2, 0.25) is 11.8 Å². The largest absolute Gasteiger partial charge is 0.493 e. The van der Waals surface area contributed by atoms with Crippen LogP contribution in [0.2, 0.25) is 0 Å². The van der Waals surface area contributed by atoms with E-state index in [1.807, 2.05) is 18.2 Å². The van der Waals surface area contributed by atoms with Crippen molar-refractivity contribution in [2.45, 2.75) is 19.3 Å². The van der Waals surface area contributed by atoms with Crippen molar-refractivity contribution in [3.63, 3.8) is 0 Å². The van der Waals surface area contributed by atoms with Crippen molar-refractivity contribution in [2.75, 3.05) is 27.9 Å². The van der Waals surface area contributed by atoms with E-state index in [1.165, 1.54) is 0 Å². The average molecular weight is 385 g/mol. The van der Waals surface area contributed by atoms with Crippen LogP contribution in [0.5, 0.6) is 17.4 Å². The van der Waals surface area contributed by atoms with Crippen LogP contribution in [-0.2, 0) is 17.6 Å². The molecular weight excluding hydrogens is 362 g/mol. The smallest absolute Gasteiger partial charge is 0.231 e. The van der Waals surface area contributed by atoms with E-state index in [0.29, 0.717) is 54.7 Å². The minimum atomic E-state index is -0.0554. The second-order valence-corrected chi connectivity index (χ2v) is 6.05. The summed E-state index contributed by atoms with van der Waals surface area (Å²) in [5.41, 5.74) is 1.67. The van der Waals surface area contributed by atoms with E-state index in [2.05, 4.69) is 20.6 Å². The van der Waals surface area contributed by atoms with Gasteiger partial charge in [-0.3, -0.25) is 4.79 Å². The molecule has 1 N–H and O–H groups in total. The third-order valence-electron chi connectivity index (χ3n) is 4.27. The maximum absolute atomic E-state index is 12.2. The number of nitrogens with zero attached hydrogens (tertiary/aromatic N) is 4. The fraction of sp³-hybridized carbons (Fsp3) is 0.368. The molecule has 0 atom stereocenters. The summed E-state index contributed by atoms with van der Waals surface area (Å²) in [5, 5.41) is 15.3. The number of hydrogen-bond donors (Lipinski definition) is 1. The number of carbonyl (C=O) groups is 1. The van der Waals surface area contributed by atoms with Crippen LogP contribution in [0.15, 0.2) is 30.3 Å². The number of benzene rings is 1. The number of ether oxygens (including phenoxy) is 3. The van der Waals surface area contributed by atoms with E-state index in [4.69, 9.17) is 14.2 Å². The van der Waals surface area contributed by atoms with Gasteiger partial charge in [-0.15, -0.1) is 15.3 Å². The molecule has 148 valence electrons. The fourth-order valence-corrected chi connectivity index (χ4v) is 2.78. The van der Waals surface area contributed by atoms with Gasteiger partial charge >= 0.3 is 0 Å². The highest BCUT2D eigenvalue weighted by Gasteiger charge is 2.11. The van der Waals surface area contributed by atoms with Crippen molar-refractivity contribution in [1.82, 2.24) is 25.1 Å². The Balaban J connectivity index is 1.50. The van der Waals surface area contributed by atoms with E-state index >= 15 is 0 Å². The lowest BCUT2D eigenvalue weighted by Gasteiger charge is -2.10. The molecule has 3 aromatic rings. The predicted molar refractivity (Wildman–Crippen MR) is 102 cm³/mol. The molecule has 3 rings (SSSR count). The second-order valence-electron chi connectivity index (χ2n) is 6.05. The van der Waals surface area contributed by atoms with Gasteiger partial charge in [0, 0.05) is 25.5 Å². The lowest BCUT2D eigenvalue weighted by Crippen LogP contribution is -2.26. The number of aromatic nitrogens is 4. The summed E-state index contributed by atoms with van der Waals surface area (Å²) in [7, 11) is 4.74. The zero-order chi connectivity index (χ0) is 19.9. The van der Waals surface area contributed by atoms with Crippen molar-refractivity contribution in [1.29, 1.82) is 0 Å². The maximum Gasteiger partial charge on any atom is 0.231 e. The highest BCUT2D eigenvalue weighted by molar-refractivity contribution is 5.76. The van der Waals surface area contributed by atoms with Gasteiger partial charge in [0.25, 0.3) is 0 Å². The van der Waals surface area contributed by atoms with Crippen LogP contribution in [0.1, 0.15) is 17.8 Å². The highest BCUT2D eigenvalue weighted by atomic mass is 16.5. The first kappa shape index (κ1) is 19.4. The Hall–Kier alpha value is -3.36. The van der Waals surface area contributed by atoms with E-state index in [1.54, 1.807) is 38.0 Å². The van der Waals surface area contributed by atoms with E-state index in [-0.39, 0.29) is 5.91 Å². The molecule has 0 bridgehead atoms. The molecule has 28 heavy (non-hydrogen) atoms. The maximum atomic E-state index is 12.2. The molecule has 9 heteroatoms. The molecule has 2 heterocycles. The third kappa shape index (κ3) is 4.48. The molecule has 0 aliphatic carbocycles. The quantitative estimate of drug-likeness (QED) is 0.595. The van der Waals surface area contributed by atoms with E-state index < -0.39 is 0 Å². The lowest BCUT2D eigenvalue weighted by atomic mass is 10.1. The third-order valence-corrected chi connectivity index (χ3v) is 4.27.